The third-order valence-corrected chi connectivity index (χ3v) is 4.61. The summed E-state index contributed by atoms with van der Waals surface area (Å²) in [7, 11) is 3.44. The van der Waals surface area contributed by atoms with E-state index in [0.29, 0.717) is 19.6 Å². The molecule has 30 heavy (non-hydrogen) atoms. The molecule has 8 nitrogen and oxygen atoms in total. The molecule has 0 aliphatic carbocycles. The maximum absolute atomic E-state index is 12.1. The highest BCUT2D eigenvalue weighted by Crippen LogP contribution is 2.16. The average molecular weight is 533 g/mol. The van der Waals surface area contributed by atoms with Gasteiger partial charge in [-0.15, -0.1) is 24.0 Å². The smallest absolute Gasteiger partial charge is 0.410 e. The Bertz CT molecular complexity index is 685. The summed E-state index contributed by atoms with van der Waals surface area (Å²) in [6.45, 7) is 11.0. The minimum Gasteiger partial charge on any atom is -0.496 e. The van der Waals surface area contributed by atoms with Gasteiger partial charge in [-0.1, -0.05) is 18.2 Å². The number of carbonyl (C=O) groups excluding carboxylic acids is 1. The fourth-order valence-electron chi connectivity index (χ4n) is 3.06. The van der Waals surface area contributed by atoms with Crippen LogP contribution in [0.3, 0.4) is 0 Å². The van der Waals surface area contributed by atoms with Crippen LogP contribution >= 0.6 is 24.0 Å². The molecule has 0 saturated carbocycles. The monoisotopic (exact) mass is 533 g/mol. The number of ether oxygens (including phenoxy) is 2. The van der Waals surface area contributed by atoms with Crippen molar-refractivity contribution >= 4 is 36.0 Å². The normalized spacial score (nSPS) is 15.2. The van der Waals surface area contributed by atoms with E-state index >= 15 is 0 Å². The van der Waals surface area contributed by atoms with Crippen LogP contribution in [0.4, 0.5) is 4.79 Å². The van der Waals surface area contributed by atoms with Crippen LogP contribution in [0.15, 0.2) is 29.3 Å². The van der Waals surface area contributed by atoms with Crippen molar-refractivity contribution in [2.75, 3.05) is 53.4 Å². The molecular formula is C21H36IN5O3. The highest BCUT2D eigenvalue weighted by molar-refractivity contribution is 14.0. The Balaban J connectivity index is 0.00000450. The zero-order valence-corrected chi connectivity index (χ0v) is 21.1. The highest BCUT2D eigenvalue weighted by atomic mass is 127. The van der Waals surface area contributed by atoms with E-state index in [2.05, 4.69) is 20.5 Å². The van der Waals surface area contributed by atoms with Crippen LogP contribution in [0, 0.1) is 0 Å². The number of rotatable bonds is 6. The van der Waals surface area contributed by atoms with Crippen LogP contribution in [0.1, 0.15) is 26.3 Å². The number of guanidine groups is 1. The number of aliphatic imine (C=N–C) groups is 1. The van der Waals surface area contributed by atoms with Gasteiger partial charge in [-0.2, -0.15) is 0 Å². The van der Waals surface area contributed by atoms with Crippen molar-refractivity contribution in [3.05, 3.63) is 29.8 Å². The number of nitrogens with one attached hydrogen (secondary N) is 2. The first kappa shape index (κ1) is 26.3. The highest BCUT2D eigenvalue weighted by Gasteiger charge is 2.25. The van der Waals surface area contributed by atoms with E-state index in [1.54, 1.807) is 19.1 Å². The van der Waals surface area contributed by atoms with E-state index in [1.165, 1.54) is 0 Å². The Morgan fingerprint density at radius 2 is 1.80 bits per heavy atom. The summed E-state index contributed by atoms with van der Waals surface area (Å²) in [6.07, 6.45) is -0.226. The molecule has 2 N–H and O–H groups in total. The summed E-state index contributed by atoms with van der Waals surface area (Å²) in [6, 6.07) is 7.93. The van der Waals surface area contributed by atoms with Gasteiger partial charge < -0.3 is 25.0 Å². The molecule has 0 unspecified atom stereocenters. The first-order valence-corrected chi connectivity index (χ1v) is 10.1. The molecule has 1 saturated heterocycles. The second-order valence-corrected chi connectivity index (χ2v) is 7.97. The van der Waals surface area contributed by atoms with Gasteiger partial charge in [0.2, 0.25) is 0 Å². The summed E-state index contributed by atoms with van der Waals surface area (Å²) in [5.74, 6) is 1.61. The van der Waals surface area contributed by atoms with Gasteiger partial charge in [0, 0.05) is 58.4 Å². The Morgan fingerprint density at radius 1 is 1.13 bits per heavy atom. The van der Waals surface area contributed by atoms with Crippen molar-refractivity contribution in [1.29, 1.82) is 0 Å². The molecule has 1 aromatic rings. The van der Waals surface area contributed by atoms with Gasteiger partial charge in [0.05, 0.1) is 7.11 Å². The molecule has 170 valence electrons. The van der Waals surface area contributed by atoms with Crippen LogP contribution in [0.2, 0.25) is 0 Å². The van der Waals surface area contributed by atoms with Crippen molar-refractivity contribution in [2.45, 2.75) is 32.9 Å². The number of piperazine rings is 1. The number of para-hydroxylation sites is 1. The van der Waals surface area contributed by atoms with E-state index in [1.807, 2.05) is 45.0 Å². The number of methoxy groups -OCH3 is 1. The van der Waals surface area contributed by atoms with E-state index in [0.717, 1.165) is 43.5 Å². The second kappa shape index (κ2) is 12.8. The zero-order chi connectivity index (χ0) is 21.3. The lowest BCUT2D eigenvalue weighted by molar-refractivity contribution is 0.0147. The minimum absolute atomic E-state index is 0. The third kappa shape index (κ3) is 8.95. The number of amides is 1. The Hall–Kier alpha value is -1.75. The molecule has 0 aromatic heterocycles. The van der Waals surface area contributed by atoms with E-state index in [9.17, 15) is 4.79 Å². The van der Waals surface area contributed by atoms with Crippen LogP contribution in [-0.2, 0) is 11.3 Å². The predicted octanol–water partition coefficient (Wildman–Crippen LogP) is 2.53. The Labute approximate surface area is 197 Å². The van der Waals surface area contributed by atoms with Crippen LogP contribution < -0.4 is 15.4 Å². The standard InChI is InChI=1S/C21H35N5O3.HI/c1-21(2,3)29-20(27)26-14-12-25(13-15-26)11-10-23-19(22-4)24-16-17-8-6-7-9-18(17)28-5;/h6-9H,10-16H2,1-5H3,(H2,22,23,24);1H. The molecule has 1 aromatic carbocycles. The Morgan fingerprint density at radius 3 is 2.40 bits per heavy atom. The SMILES string of the molecule is CN=C(NCCN1CCN(C(=O)OC(C)(C)C)CC1)NCc1ccccc1OC.I. The maximum atomic E-state index is 12.1. The molecule has 1 fully saturated rings. The molecule has 1 aliphatic heterocycles. The van der Waals surface area contributed by atoms with Gasteiger partial charge in [-0.3, -0.25) is 9.89 Å². The minimum atomic E-state index is -0.454. The van der Waals surface area contributed by atoms with Crippen LogP contribution in [-0.4, -0.2) is 80.9 Å². The summed E-state index contributed by atoms with van der Waals surface area (Å²) >= 11 is 0. The maximum Gasteiger partial charge on any atom is 0.410 e. The lowest BCUT2D eigenvalue weighted by Gasteiger charge is -2.35. The summed E-state index contributed by atoms with van der Waals surface area (Å²) in [5, 5.41) is 6.65. The summed E-state index contributed by atoms with van der Waals surface area (Å²) < 4.78 is 10.8. The van der Waals surface area contributed by atoms with Crippen molar-refractivity contribution in [3.63, 3.8) is 0 Å². The Kier molecular flexibility index (Phi) is 11.2. The molecule has 0 spiro atoms. The summed E-state index contributed by atoms with van der Waals surface area (Å²) in [4.78, 5) is 20.5. The first-order valence-electron chi connectivity index (χ1n) is 10.1. The molecule has 1 aliphatic rings. The van der Waals surface area contributed by atoms with Gasteiger partial charge in [0.25, 0.3) is 0 Å². The van der Waals surface area contributed by atoms with Crippen molar-refractivity contribution < 1.29 is 14.3 Å². The number of nitrogens with zero attached hydrogens (tertiary/aromatic N) is 3. The van der Waals surface area contributed by atoms with Crippen LogP contribution in [0.25, 0.3) is 0 Å². The molecule has 1 amide bonds. The number of benzene rings is 1. The van der Waals surface area contributed by atoms with Gasteiger partial charge in [-0.05, 0) is 26.8 Å². The van der Waals surface area contributed by atoms with Gasteiger partial charge in [0.1, 0.15) is 11.4 Å². The number of hydrogen-bond acceptors (Lipinski definition) is 5. The summed E-state index contributed by atoms with van der Waals surface area (Å²) in [5.41, 5.74) is 0.626. The van der Waals surface area contributed by atoms with Crippen molar-refractivity contribution in [1.82, 2.24) is 20.4 Å². The number of hydrogen-bond donors (Lipinski definition) is 2. The lowest BCUT2D eigenvalue weighted by atomic mass is 10.2. The molecule has 0 radical (unpaired) electrons. The molecule has 2 rings (SSSR count). The third-order valence-electron chi connectivity index (χ3n) is 4.61. The molecule has 9 heteroatoms. The fraction of sp³-hybridized carbons (Fsp3) is 0.619. The molecule has 0 atom stereocenters. The first-order chi connectivity index (χ1) is 13.8. The van der Waals surface area contributed by atoms with Crippen molar-refractivity contribution in [3.8, 4) is 5.75 Å². The van der Waals surface area contributed by atoms with Gasteiger partial charge in [-0.25, -0.2) is 4.79 Å². The largest absolute Gasteiger partial charge is 0.496 e. The van der Waals surface area contributed by atoms with E-state index < -0.39 is 5.60 Å². The van der Waals surface area contributed by atoms with Crippen LogP contribution in [0.5, 0.6) is 5.75 Å². The lowest BCUT2D eigenvalue weighted by Crippen LogP contribution is -2.51. The van der Waals surface area contributed by atoms with Gasteiger partial charge in [0.15, 0.2) is 5.96 Å². The molecular weight excluding hydrogens is 497 g/mol. The quantitative estimate of drug-likeness (QED) is 0.333. The number of halogens is 1. The van der Waals surface area contributed by atoms with Crippen molar-refractivity contribution in [2.24, 2.45) is 4.99 Å². The zero-order valence-electron chi connectivity index (χ0n) is 18.7. The molecule has 1 heterocycles. The second-order valence-electron chi connectivity index (χ2n) is 7.97. The van der Waals surface area contributed by atoms with E-state index in [4.69, 9.17) is 9.47 Å². The molecule has 0 bridgehead atoms. The topological polar surface area (TPSA) is 78.4 Å². The van der Waals surface area contributed by atoms with E-state index in [-0.39, 0.29) is 30.1 Å². The predicted molar refractivity (Wildman–Crippen MR) is 131 cm³/mol. The average Bonchev–Trinajstić information content (AvgIpc) is 2.70. The van der Waals surface area contributed by atoms with Gasteiger partial charge >= 0.3 is 6.09 Å². The number of carbonyl (C=O) groups is 1. The fourth-order valence-corrected chi connectivity index (χ4v) is 3.06.